The van der Waals surface area contributed by atoms with Crippen LogP contribution in [0.3, 0.4) is 0 Å². The monoisotopic (exact) mass is 362 g/mol. The SMILES string of the molecule is CCCC1=C(C(F)(F)F)O[C@@H]2O[C@]3(C)CCC4[C@H](C)CC[C@@H]1[C@]42OO3. The van der Waals surface area contributed by atoms with Crippen LogP contribution in [0.5, 0.6) is 0 Å². The van der Waals surface area contributed by atoms with Crippen LogP contribution < -0.4 is 0 Å². The van der Waals surface area contributed by atoms with Gasteiger partial charge in [0.25, 0.3) is 0 Å². The highest BCUT2D eigenvalue weighted by Crippen LogP contribution is 2.61. The lowest BCUT2D eigenvalue weighted by Crippen LogP contribution is -2.67. The highest BCUT2D eigenvalue weighted by Gasteiger charge is 2.69. The molecule has 0 aromatic heterocycles. The Morgan fingerprint density at radius 2 is 1.92 bits per heavy atom. The Morgan fingerprint density at radius 1 is 1.16 bits per heavy atom. The molecule has 1 unspecified atom stereocenters. The van der Waals surface area contributed by atoms with Crippen molar-refractivity contribution in [1.29, 1.82) is 0 Å². The van der Waals surface area contributed by atoms with E-state index >= 15 is 0 Å². The molecule has 0 aromatic carbocycles. The van der Waals surface area contributed by atoms with E-state index in [9.17, 15) is 13.2 Å². The molecule has 7 heteroatoms. The Balaban J connectivity index is 1.87. The van der Waals surface area contributed by atoms with E-state index in [-0.39, 0.29) is 11.8 Å². The minimum absolute atomic E-state index is 0.0576. The summed E-state index contributed by atoms with van der Waals surface area (Å²) in [4.78, 5) is 11.5. The zero-order chi connectivity index (χ0) is 18.0. The zero-order valence-electron chi connectivity index (χ0n) is 14.8. The summed E-state index contributed by atoms with van der Waals surface area (Å²) in [5.41, 5.74) is -0.659. The van der Waals surface area contributed by atoms with Crippen LogP contribution in [0.25, 0.3) is 0 Å². The van der Waals surface area contributed by atoms with Gasteiger partial charge >= 0.3 is 6.18 Å². The van der Waals surface area contributed by atoms with Crippen LogP contribution in [0.1, 0.15) is 59.3 Å². The molecule has 25 heavy (non-hydrogen) atoms. The van der Waals surface area contributed by atoms with Crippen molar-refractivity contribution >= 4 is 0 Å². The molecule has 0 radical (unpaired) electrons. The Labute approximate surface area is 145 Å². The third-order valence-electron chi connectivity index (χ3n) is 6.43. The van der Waals surface area contributed by atoms with E-state index in [1.54, 1.807) is 6.92 Å². The van der Waals surface area contributed by atoms with Crippen LogP contribution in [-0.2, 0) is 19.2 Å². The molecule has 1 aliphatic carbocycles. The van der Waals surface area contributed by atoms with E-state index in [4.69, 9.17) is 19.2 Å². The molecule has 0 amide bonds. The smallest absolute Gasteiger partial charge is 0.448 e. The molecule has 0 N–H and O–H groups in total. The summed E-state index contributed by atoms with van der Waals surface area (Å²) >= 11 is 0. The van der Waals surface area contributed by atoms with Crippen LogP contribution >= 0.6 is 0 Å². The van der Waals surface area contributed by atoms with E-state index in [2.05, 4.69) is 6.92 Å². The summed E-state index contributed by atoms with van der Waals surface area (Å²) < 4.78 is 52.5. The van der Waals surface area contributed by atoms with Gasteiger partial charge in [0, 0.05) is 18.3 Å². The summed E-state index contributed by atoms with van der Waals surface area (Å²) in [6.07, 6.45) is -1.75. The van der Waals surface area contributed by atoms with Crippen LogP contribution in [-0.4, -0.2) is 23.9 Å². The highest BCUT2D eigenvalue weighted by molar-refractivity contribution is 5.27. The second-order valence-electron chi connectivity index (χ2n) is 8.08. The molecular weight excluding hydrogens is 337 g/mol. The molecular formula is C18H25F3O4. The fraction of sp³-hybridized carbons (Fsp3) is 0.889. The number of hydrogen-bond acceptors (Lipinski definition) is 4. The summed E-state index contributed by atoms with van der Waals surface area (Å²) in [7, 11) is 0. The van der Waals surface area contributed by atoms with Crippen molar-refractivity contribution in [3.8, 4) is 0 Å². The predicted octanol–water partition coefficient (Wildman–Crippen LogP) is 4.85. The van der Waals surface area contributed by atoms with Gasteiger partial charge < -0.3 is 9.47 Å². The molecule has 4 heterocycles. The van der Waals surface area contributed by atoms with Crippen LogP contribution in [0.15, 0.2) is 11.3 Å². The van der Waals surface area contributed by atoms with Gasteiger partial charge in [0.05, 0.1) is 0 Å². The van der Waals surface area contributed by atoms with Gasteiger partial charge in [-0.3, -0.25) is 0 Å². The predicted molar refractivity (Wildman–Crippen MR) is 81.9 cm³/mol. The molecule has 4 aliphatic heterocycles. The van der Waals surface area contributed by atoms with Gasteiger partial charge in [-0.25, -0.2) is 9.78 Å². The number of halogens is 3. The van der Waals surface area contributed by atoms with Gasteiger partial charge in [0.1, 0.15) is 0 Å². The summed E-state index contributed by atoms with van der Waals surface area (Å²) in [6, 6.07) is 0. The zero-order valence-corrected chi connectivity index (χ0v) is 14.8. The second-order valence-corrected chi connectivity index (χ2v) is 8.08. The van der Waals surface area contributed by atoms with Crippen LogP contribution in [0.2, 0.25) is 0 Å². The topological polar surface area (TPSA) is 36.9 Å². The number of fused-ring (bicyclic) bond motifs is 2. The Morgan fingerprint density at radius 3 is 2.60 bits per heavy atom. The Hall–Kier alpha value is -0.790. The molecule has 5 rings (SSSR count). The third-order valence-corrected chi connectivity index (χ3v) is 6.43. The molecule has 1 spiro atoms. The van der Waals surface area contributed by atoms with E-state index in [1.165, 1.54) is 0 Å². The summed E-state index contributed by atoms with van der Waals surface area (Å²) in [5.74, 6) is -1.93. The standard InChI is InChI=1S/C18H25F3O4/c1-4-5-11-13-7-6-10(2)12-8-9-16(3)23-15(17(12,13)25-24-16)22-14(11)18(19,20)21/h10,12-13,15H,4-9H2,1-3H3/t10-,12?,13+,15-,16+,17-/m1/s1. The lowest BCUT2D eigenvalue weighted by Gasteiger charge is -2.57. The average Bonchev–Trinajstić information content (AvgIpc) is 2.76. The van der Waals surface area contributed by atoms with Crippen LogP contribution in [0, 0.1) is 17.8 Å². The Kier molecular flexibility index (Phi) is 3.95. The first-order valence-electron chi connectivity index (χ1n) is 9.23. The van der Waals surface area contributed by atoms with E-state index < -0.39 is 29.6 Å². The third kappa shape index (κ3) is 2.46. The minimum Gasteiger partial charge on any atom is -0.456 e. The molecule has 142 valence electrons. The first-order chi connectivity index (χ1) is 11.7. The van der Waals surface area contributed by atoms with Crippen molar-refractivity contribution in [3.05, 3.63) is 11.3 Å². The van der Waals surface area contributed by atoms with Gasteiger partial charge in [-0.2, -0.15) is 13.2 Å². The maximum absolute atomic E-state index is 13.7. The molecule has 4 fully saturated rings. The van der Waals surface area contributed by atoms with Crippen molar-refractivity contribution in [2.24, 2.45) is 17.8 Å². The van der Waals surface area contributed by atoms with Gasteiger partial charge in [-0.1, -0.05) is 20.3 Å². The summed E-state index contributed by atoms with van der Waals surface area (Å²) in [6.45, 7) is 5.73. The molecule has 6 atom stereocenters. The fourth-order valence-corrected chi connectivity index (χ4v) is 5.29. The molecule has 2 bridgehead atoms. The molecule has 1 saturated carbocycles. The lowest BCUT2D eigenvalue weighted by atomic mass is 9.59. The largest absolute Gasteiger partial charge is 0.456 e. The molecule has 0 aromatic rings. The van der Waals surface area contributed by atoms with Crippen molar-refractivity contribution in [3.63, 3.8) is 0 Å². The normalized spacial score (nSPS) is 46.5. The maximum Gasteiger partial charge on any atom is 0.448 e. The second kappa shape index (κ2) is 5.60. The number of alkyl halides is 3. The van der Waals surface area contributed by atoms with E-state index in [0.717, 1.165) is 12.8 Å². The number of allylic oxidation sites excluding steroid dienone is 1. The van der Waals surface area contributed by atoms with E-state index in [1.807, 2.05) is 6.92 Å². The van der Waals surface area contributed by atoms with Gasteiger partial charge in [-0.15, -0.1) is 0 Å². The average molecular weight is 362 g/mol. The van der Waals surface area contributed by atoms with Crippen molar-refractivity contribution in [1.82, 2.24) is 0 Å². The van der Waals surface area contributed by atoms with Crippen molar-refractivity contribution < 1.29 is 32.4 Å². The number of rotatable bonds is 2. The quantitative estimate of drug-likeness (QED) is 0.658. The fourth-order valence-electron chi connectivity index (χ4n) is 5.29. The minimum atomic E-state index is -4.53. The van der Waals surface area contributed by atoms with Crippen molar-refractivity contribution in [2.75, 3.05) is 0 Å². The Bertz CT molecular complexity index is 589. The number of hydrogen-bond donors (Lipinski definition) is 0. The first-order valence-corrected chi connectivity index (χ1v) is 9.23. The molecule has 5 aliphatic rings. The van der Waals surface area contributed by atoms with Gasteiger partial charge in [-0.05, 0) is 44.1 Å². The first kappa shape index (κ1) is 17.6. The van der Waals surface area contributed by atoms with Crippen molar-refractivity contribution in [2.45, 2.75) is 83.2 Å². The van der Waals surface area contributed by atoms with Gasteiger partial charge in [0.15, 0.2) is 5.60 Å². The summed E-state index contributed by atoms with van der Waals surface area (Å²) in [5, 5.41) is 0. The maximum atomic E-state index is 13.7. The molecule has 4 nitrogen and oxygen atoms in total. The van der Waals surface area contributed by atoms with Crippen LogP contribution in [0.4, 0.5) is 13.2 Å². The van der Waals surface area contributed by atoms with Gasteiger partial charge in [0.2, 0.25) is 17.8 Å². The number of ether oxygens (including phenoxy) is 2. The molecule has 3 saturated heterocycles. The lowest BCUT2D eigenvalue weighted by molar-refractivity contribution is -0.557. The highest BCUT2D eigenvalue weighted by atomic mass is 19.4. The van der Waals surface area contributed by atoms with E-state index in [0.29, 0.717) is 37.2 Å².